The number of thioether (sulfide) groups is 2. The van der Waals surface area contributed by atoms with Crippen LogP contribution < -0.4 is 47.9 Å². The van der Waals surface area contributed by atoms with Gasteiger partial charge in [0.05, 0.1) is 11.9 Å². The Morgan fingerprint density at radius 2 is 1.23 bits per heavy atom. The van der Waals surface area contributed by atoms with Crippen molar-refractivity contribution in [2.75, 3.05) is 16.6 Å². The molecule has 0 fully saturated rings. The smallest absolute Gasteiger partial charge is 0.549 e. The molecule has 64 valence electrons. The summed E-state index contributed by atoms with van der Waals surface area (Å²) in [6.07, 6.45) is 0. The summed E-state index contributed by atoms with van der Waals surface area (Å²) >= 11 is 2.23. The molecule has 0 aliphatic heterocycles. The van der Waals surface area contributed by atoms with Crippen molar-refractivity contribution in [3.05, 3.63) is 0 Å². The van der Waals surface area contributed by atoms with Crippen LogP contribution in [0.15, 0.2) is 0 Å². The predicted octanol–water partition coefficient (Wildman–Crippen LogP) is -8.08. The molecule has 0 atom stereocenters. The first-order valence-corrected chi connectivity index (χ1v) is 4.99. The molecular weight excluding hydrogens is 202 g/mol. The van der Waals surface area contributed by atoms with Crippen LogP contribution in [0, 0.1) is 0 Å². The van der Waals surface area contributed by atoms with E-state index in [2.05, 4.69) is 0 Å². The van der Waals surface area contributed by atoms with Gasteiger partial charge in [0.25, 0.3) is 0 Å². The van der Waals surface area contributed by atoms with Crippen molar-refractivity contribution in [3.63, 3.8) is 0 Å². The first-order valence-electron chi connectivity index (χ1n) is 2.68. The molecule has 0 spiro atoms. The van der Waals surface area contributed by atoms with Gasteiger partial charge in [0.1, 0.15) is 0 Å². The minimum Gasteiger partial charge on any atom is -0.549 e. The third-order valence-corrected chi connectivity index (χ3v) is 2.82. The molecule has 0 bridgehead atoms. The van der Waals surface area contributed by atoms with Crippen LogP contribution in [0.2, 0.25) is 0 Å². The Hall–Kier alpha value is 0.835. The number of carbonyl (C=O) groups is 2. The van der Waals surface area contributed by atoms with E-state index in [0.29, 0.717) is 5.08 Å². The predicted molar refractivity (Wildman–Crippen MR) is 39.8 cm³/mol. The monoisotopic (exact) mass is 208 g/mol. The van der Waals surface area contributed by atoms with E-state index >= 15 is 0 Å². The molecule has 4 nitrogen and oxygen atoms in total. The number of carboxylic acids is 2. The quantitative estimate of drug-likeness (QED) is 0.245. The summed E-state index contributed by atoms with van der Waals surface area (Å²) in [6.45, 7) is 0. The first-order chi connectivity index (χ1) is 5.13. The molecule has 0 aliphatic carbocycles. The number of rotatable bonds is 6. The maximum atomic E-state index is 9.83. The summed E-state index contributed by atoms with van der Waals surface area (Å²) in [5.74, 6) is -2.46. The fourth-order valence-electron chi connectivity index (χ4n) is 0.309. The molecule has 0 saturated heterocycles. The van der Waals surface area contributed by atoms with Crippen LogP contribution in [-0.2, 0) is 9.59 Å². The van der Waals surface area contributed by atoms with E-state index in [1.807, 2.05) is 0 Å². The van der Waals surface area contributed by atoms with Crippen LogP contribution in [0.4, 0.5) is 0 Å². The zero-order valence-corrected chi connectivity index (χ0v) is 9.20. The first kappa shape index (κ1) is 19.4. The van der Waals surface area contributed by atoms with Crippen LogP contribution in [-0.4, -0.2) is 28.5 Å². The van der Waals surface area contributed by atoms with Gasteiger partial charge < -0.3 is 19.8 Å². The minimum atomic E-state index is -1.14. The van der Waals surface area contributed by atoms with Crippen LogP contribution in [0.1, 0.15) is 0 Å². The molecule has 8 heteroatoms. The van der Waals surface area contributed by atoms with E-state index in [1.165, 1.54) is 0 Å². The van der Waals surface area contributed by atoms with Crippen LogP contribution in [0.5, 0.6) is 0 Å². The van der Waals surface area contributed by atoms with Crippen molar-refractivity contribution in [2.24, 2.45) is 0 Å². The van der Waals surface area contributed by atoms with Gasteiger partial charge in [-0.05, 0) is 0 Å². The summed E-state index contributed by atoms with van der Waals surface area (Å²) in [6, 6.07) is 0. The third kappa shape index (κ3) is 19.3. The van der Waals surface area contributed by atoms with E-state index in [-0.39, 0.29) is 49.2 Å². The molecule has 0 saturated carbocycles. The second-order valence-electron chi connectivity index (χ2n) is 1.56. The summed E-state index contributed by atoms with van der Waals surface area (Å²) in [5, 5.41) is 20.1. The van der Waals surface area contributed by atoms with Crippen LogP contribution >= 0.6 is 23.5 Å². The van der Waals surface area contributed by atoms with Crippen molar-refractivity contribution in [3.8, 4) is 0 Å². The summed E-state index contributed by atoms with van der Waals surface area (Å²) in [7, 11) is 0. The van der Waals surface area contributed by atoms with Crippen molar-refractivity contribution in [1.29, 1.82) is 0 Å². The number of carbonyl (C=O) groups excluding carboxylic acids is 2. The fraction of sp³-hybridized carbons (Fsp3) is 0.600. The SMILES string of the molecule is O=C([O-])CSCSCC(=O)[O-].[Li+].[Li+]. The molecule has 0 aromatic rings. The molecule has 0 N–H and O–H groups in total. The summed E-state index contributed by atoms with van der Waals surface area (Å²) in [4.78, 5) is 19.7. The third-order valence-electron chi connectivity index (χ3n) is 0.606. The molecular formula is C5H6Li2O4S2. The largest absolute Gasteiger partial charge is 1.00 e. The summed E-state index contributed by atoms with van der Waals surface area (Å²) < 4.78 is 0. The average molecular weight is 208 g/mol. The van der Waals surface area contributed by atoms with E-state index in [0.717, 1.165) is 23.5 Å². The average Bonchev–Trinajstić information content (AvgIpc) is 1.85. The molecule has 13 heavy (non-hydrogen) atoms. The Balaban J connectivity index is -0.000000500. The molecule has 0 rings (SSSR count). The normalized spacial score (nSPS) is 8.00. The summed E-state index contributed by atoms with van der Waals surface area (Å²) in [5.41, 5.74) is 0. The Labute approximate surface area is 109 Å². The van der Waals surface area contributed by atoms with Gasteiger partial charge in [-0.25, -0.2) is 0 Å². The topological polar surface area (TPSA) is 80.3 Å². The maximum Gasteiger partial charge on any atom is 1.00 e. The molecule has 0 aromatic carbocycles. The number of carboxylic acid groups (broad SMARTS) is 2. The van der Waals surface area contributed by atoms with Gasteiger partial charge >= 0.3 is 37.7 Å². The number of aliphatic carboxylic acids is 2. The van der Waals surface area contributed by atoms with Gasteiger partial charge in [-0.3, -0.25) is 0 Å². The molecule has 0 heterocycles. The number of hydrogen-bond acceptors (Lipinski definition) is 6. The molecule has 0 radical (unpaired) electrons. The van der Waals surface area contributed by atoms with Crippen molar-refractivity contribution in [1.82, 2.24) is 0 Å². The van der Waals surface area contributed by atoms with Gasteiger partial charge in [-0.15, -0.1) is 23.5 Å². The van der Waals surface area contributed by atoms with E-state index in [9.17, 15) is 19.8 Å². The van der Waals surface area contributed by atoms with Crippen LogP contribution in [0.3, 0.4) is 0 Å². The Morgan fingerprint density at radius 3 is 1.46 bits per heavy atom. The van der Waals surface area contributed by atoms with Crippen molar-refractivity contribution in [2.45, 2.75) is 0 Å². The Kier molecular flexibility index (Phi) is 19.2. The molecule has 0 unspecified atom stereocenters. The van der Waals surface area contributed by atoms with E-state index in [4.69, 9.17) is 0 Å². The Morgan fingerprint density at radius 1 is 0.923 bits per heavy atom. The molecule has 0 amide bonds. The molecule has 0 aliphatic rings. The zero-order valence-electron chi connectivity index (χ0n) is 7.57. The van der Waals surface area contributed by atoms with Gasteiger partial charge in [0, 0.05) is 16.6 Å². The minimum absolute atomic E-state index is 0. The fourth-order valence-corrected chi connectivity index (χ4v) is 1.78. The second-order valence-corrected chi connectivity index (χ2v) is 3.90. The van der Waals surface area contributed by atoms with Crippen molar-refractivity contribution >= 4 is 35.5 Å². The van der Waals surface area contributed by atoms with Gasteiger partial charge in [-0.1, -0.05) is 0 Å². The van der Waals surface area contributed by atoms with Gasteiger partial charge in [0.2, 0.25) is 0 Å². The van der Waals surface area contributed by atoms with Crippen LogP contribution in [0.25, 0.3) is 0 Å². The molecule has 0 aromatic heterocycles. The Bertz CT molecular complexity index is 139. The standard InChI is InChI=1S/C5H8O4S2.2Li/c6-4(7)1-10-3-11-2-5(8)9;;/h1-3H2,(H,6,7)(H,8,9);;/q;2*+1/p-2. The van der Waals surface area contributed by atoms with Crippen molar-refractivity contribution < 1.29 is 57.5 Å². The van der Waals surface area contributed by atoms with Gasteiger partial charge in [-0.2, -0.15) is 0 Å². The van der Waals surface area contributed by atoms with E-state index < -0.39 is 11.9 Å². The van der Waals surface area contributed by atoms with E-state index in [1.54, 1.807) is 0 Å². The number of hydrogen-bond donors (Lipinski definition) is 0. The van der Waals surface area contributed by atoms with Gasteiger partial charge in [0.15, 0.2) is 0 Å². The maximum absolute atomic E-state index is 9.83. The zero-order chi connectivity index (χ0) is 8.69. The second kappa shape index (κ2) is 12.8.